The number of hydrogen-bond donors (Lipinski definition) is 0. The predicted octanol–water partition coefficient (Wildman–Crippen LogP) is 2.37. The predicted molar refractivity (Wildman–Crippen MR) is 61.1 cm³/mol. The normalized spacial score (nSPS) is 10.7. The summed E-state index contributed by atoms with van der Waals surface area (Å²) in [6.07, 6.45) is 1.32. The Morgan fingerprint density at radius 2 is 2.20 bits per heavy atom. The molecule has 0 spiro atoms. The van der Waals surface area contributed by atoms with Gasteiger partial charge in [-0.05, 0) is 12.8 Å². The van der Waals surface area contributed by atoms with Crippen molar-refractivity contribution >= 4 is 17.3 Å². The minimum atomic E-state index is -0.196. The topological polar surface area (TPSA) is 39.2 Å². The van der Waals surface area contributed by atoms with Crippen molar-refractivity contribution in [3.05, 3.63) is 15.6 Å². The van der Waals surface area contributed by atoms with Gasteiger partial charge in [-0.3, -0.25) is 4.79 Å². The molecule has 0 amide bonds. The summed E-state index contributed by atoms with van der Waals surface area (Å²) in [6.45, 7) is 6.27. The van der Waals surface area contributed by atoms with Gasteiger partial charge in [0.15, 0.2) is 0 Å². The molecule has 3 nitrogen and oxygen atoms in total. The van der Waals surface area contributed by atoms with Crippen molar-refractivity contribution < 1.29 is 9.53 Å². The highest BCUT2D eigenvalue weighted by Crippen LogP contribution is 2.21. The number of esters is 1. The van der Waals surface area contributed by atoms with Crippen LogP contribution in [-0.4, -0.2) is 18.1 Å². The number of aryl methyl sites for hydroxylation is 1. The molecule has 0 atom stereocenters. The van der Waals surface area contributed by atoms with Gasteiger partial charge in [0.1, 0.15) is 0 Å². The van der Waals surface area contributed by atoms with E-state index in [0.717, 1.165) is 22.0 Å². The van der Waals surface area contributed by atoms with E-state index in [0.29, 0.717) is 12.3 Å². The molecule has 1 rings (SSSR count). The summed E-state index contributed by atoms with van der Waals surface area (Å²) in [5.41, 5.74) is 0.959. The molecule has 84 valence electrons. The van der Waals surface area contributed by atoms with E-state index in [9.17, 15) is 4.79 Å². The standard InChI is InChI=1S/C11H17NO2S/c1-7(2)5-10-12-8(3)9(15-10)6-11(13)14-4/h7H,5-6H2,1-4H3. The van der Waals surface area contributed by atoms with Gasteiger partial charge in [-0.2, -0.15) is 0 Å². The summed E-state index contributed by atoms with van der Waals surface area (Å²) in [5.74, 6) is 0.402. The fourth-order valence-electron chi connectivity index (χ4n) is 1.29. The minimum Gasteiger partial charge on any atom is -0.469 e. The molecule has 0 bridgehead atoms. The third-order valence-corrected chi connectivity index (χ3v) is 3.23. The van der Waals surface area contributed by atoms with Crippen molar-refractivity contribution in [1.29, 1.82) is 0 Å². The molecule has 1 heterocycles. The van der Waals surface area contributed by atoms with E-state index in [2.05, 4.69) is 23.6 Å². The Hall–Kier alpha value is -0.900. The van der Waals surface area contributed by atoms with E-state index in [4.69, 9.17) is 0 Å². The molecule has 0 fully saturated rings. The van der Waals surface area contributed by atoms with Gasteiger partial charge in [0.2, 0.25) is 0 Å². The van der Waals surface area contributed by atoms with Crippen molar-refractivity contribution in [2.75, 3.05) is 7.11 Å². The van der Waals surface area contributed by atoms with Crippen LogP contribution in [0.1, 0.15) is 29.4 Å². The maximum atomic E-state index is 11.1. The summed E-state index contributed by atoms with van der Waals surface area (Å²) < 4.78 is 4.64. The van der Waals surface area contributed by atoms with Gasteiger partial charge in [0.05, 0.1) is 24.2 Å². The lowest BCUT2D eigenvalue weighted by Gasteiger charge is -1.98. The zero-order valence-electron chi connectivity index (χ0n) is 9.66. The molecule has 4 heteroatoms. The average molecular weight is 227 g/mol. The number of thiazole rings is 1. The molecule has 0 saturated carbocycles. The van der Waals surface area contributed by atoms with Gasteiger partial charge in [-0.1, -0.05) is 13.8 Å². The summed E-state index contributed by atoms with van der Waals surface area (Å²) in [7, 11) is 1.41. The second kappa shape index (κ2) is 5.26. The average Bonchev–Trinajstić information content (AvgIpc) is 2.45. The van der Waals surface area contributed by atoms with Crippen LogP contribution in [0, 0.1) is 12.8 Å². The molecule has 0 N–H and O–H groups in total. The third-order valence-electron chi connectivity index (χ3n) is 2.05. The molecule has 0 aliphatic heterocycles. The summed E-state index contributed by atoms with van der Waals surface area (Å²) >= 11 is 1.62. The Labute approximate surface area is 94.5 Å². The van der Waals surface area contributed by atoms with Crippen LogP contribution in [-0.2, 0) is 22.4 Å². The first-order chi connectivity index (χ1) is 7.02. The lowest BCUT2D eigenvalue weighted by Crippen LogP contribution is -2.03. The number of hydrogen-bond acceptors (Lipinski definition) is 4. The van der Waals surface area contributed by atoms with Crippen molar-refractivity contribution in [3.8, 4) is 0 Å². The van der Waals surface area contributed by atoms with E-state index < -0.39 is 0 Å². The Balaban J connectivity index is 2.73. The molecule has 0 unspecified atom stereocenters. The van der Waals surface area contributed by atoms with E-state index in [-0.39, 0.29) is 5.97 Å². The van der Waals surface area contributed by atoms with Gasteiger partial charge < -0.3 is 4.74 Å². The largest absolute Gasteiger partial charge is 0.469 e. The highest BCUT2D eigenvalue weighted by Gasteiger charge is 2.12. The fourth-order valence-corrected chi connectivity index (χ4v) is 2.56. The Morgan fingerprint density at radius 3 is 2.73 bits per heavy atom. The zero-order valence-corrected chi connectivity index (χ0v) is 10.5. The maximum Gasteiger partial charge on any atom is 0.310 e. The monoisotopic (exact) mass is 227 g/mol. The number of carbonyl (C=O) groups is 1. The summed E-state index contributed by atoms with van der Waals surface area (Å²) in [5, 5.41) is 1.11. The molecule has 0 aliphatic rings. The van der Waals surface area contributed by atoms with Gasteiger partial charge in [0, 0.05) is 11.3 Å². The van der Waals surface area contributed by atoms with Crippen LogP contribution in [0.15, 0.2) is 0 Å². The van der Waals surface area contributed by atoms with Crippen molar-refractivity contribution in [2.45, 2.75) is 33.6 Å². The van der Waals surface area contributed by atoms with E-state index in [1.165, 1.54) is 7.11 Å². The van der Waals surface area contributed by atoms with Crippen LogP contribution in [0.5, 0.6) is 0 Å². The van der Waals surface area contributed by atoms with Crippen LogP contribution in [0.3, 0.4) is 0 Å². The van der Waals surface area contributed by atoms with Crippen molar-refractivity contribution in [3.63, 3.8) is 0 Å². The highest BCUT2D eigenvalue weighted by molar-refractivity contribution is 7.11. The lowest BCUT2D eigenvalue weighted by atomic mass is 10.1. The number of ether oxygens (including phenoxy) is 1. The number of nitrogens with zero attached hydrogens (tertiary/aromatic N) is 1. The van der Waals surface area contributed by atoms with Crippen LogP contribution >= 0.6 is 11.3 Å². The second-order valence-corrected chi connectivity index (χ2v) is 5.14. The molecule has 15 heavy (non-hydrogen) atoms. The van der Waals surface area contributed by atoms with Crippen LogP contribution in [0.4, 0.5) is 0 Å². The highest BCUT2D eigenvalue weighted by atomic mass is 32.1. The first-order valence-corrected chi connectivity index (χ1v) is 5.86. The number of methoxy groups -OCH3 is 1. The van der Waals surface area contributed by atoms with Gasteiger partial charge in [0.25, 0.3) is 0 Å². The minimum absolute atomic E-state index is 0.196. The van der Waals surface area contributed by atoms with Crippen molar-refractivity contribution in [2.24, 2.45) is 5.92 Å². The molecule has 0 aliphatic carbocycles. The van der Waals surface area contributed by atoms with E-state index in [1.807, 2.05) is 6.92 Å². The molecular formula is C11H17NO2S. The van der Waals surface area contributed by atoms with E-state index >= 15 is 0 Å². The first kappa shape index (κ1) is 12.2. The molecule has 0 saturated heterocycles. The fraction of sp³-hybridized carbons (Fsp3) is 0.636. The molecular weight excluding hydrogens is 210 g/mol. The summed E-state index contributed by atoms with van der Waals surface area (Å²) in [6, 6.07) is 0. The number of aromatic nitrogens is 1. The lowest BCUT2D eigenvalue weighted by molar-refractivity contribution is -0.139. The number of rotatable bonds is 4. The van der Waals surface area contributed by atoms with Gasteiger partial charge in [-0.15, -0.1) is 11.3 Å². The molecule has 1 aromatic rings. The van der Waals surface area contributed by atoms with Crippen molar-refractivity contribution in [1.82, 2.24) is 4.98 Å². The second-order valence-electron chi connectivity index (χ2n) is 3.97. The quantitative estimate of drug-likeness (QED) is 0.741. The zero-order chi connectivity index (χ0) is 11.4. The molecule has 1 aromatic heterocycles. The Kier molecular flexibility index (Phi) is 4.27. The van der Waals surface area contributed by atoms with Crippen LogP contribution in [0.2, 0.25) is 0 Å². The SMILES string of the molecule is COC(=O)Cc1sc(CC(C)C)nc1C. The summed E-state index contributed by atoms with van der Waals surface area (Å²) in [4.78, 5) is 16.6. The Morgan fingerprint density at radius 1 is 1.53 bits per heavy atom. The Bertz CT molecular complexity index is 344. The molecule has 0 aromatic carbocycles. The van der Waals surface area contributed by atoms with E-state index in [1.54, 1.807) is 11.3 Å². The third kappa shape index (κ3) is 3.63. The van der Waals surface area contributed by atoms with Crippen LogP contribution in [0.25, 0.3) is 0 Å². The van der Waals surface area contributed by atoms with Gasteiger partial charge in [-0.25, -0.2) is 4.98 Å². The van der Waals surface area contributed by atoms with Crippen LogP contribution < -0.4 is 0 Å². The maximum absolute atomic E-state index is 11.1. The number of carbonyl (C=O) groups excluding carboxylic acids is 1. The first-order valence-electron chi connectivity index (χ1n) is 5.05. The molecule has 0 radical (unpaired) electrons. The van der Waals surface area contributed by atoms with Gasteiger partial charge >= 0.3 is 5.97 Å². The smallest absolute Gasteiger partial charge is 0.310 e.